The van der Waals surface area contributed by atoms with Gasteiger partial charge in [0, 0.05) is 6.42 Å². The van der Waals surface area contributed by atoms with Crippen molar-refractivity contribution in [2.45, 2.75) is 33.6 Å². The minimum Gasteiger partial charge on any atom is -0.490 e. The minimum atomic E-state index is -0.427. The Morgan fingerprint density at radius 1 is 1.05 bits per heavy atom. The smallest absolute Gasteiger partial charge is 0.276 e. The SMILES string of the molecule is CCOc1ccccc1OCC(=O)NNC(=O)CCC(C)C. The maximum Gasteiger partial charge on any atom is 0.276 e. The molecule has 0 aliphatic carbocycles. The van der Waals surface area contributed by atoms with Gasteiger partial charge in [-0.15, -0.1) is 0 Å². The molecule has 0 aliphatic rings. The third-order valence-electron chi connectivity index (χ3n) is 2.80. The summed E-state index contributed by atoms with van der Waals surface area (Å²) in [6, 6.07) is 7.11. The van der Waals surface area contributed by atoms with E-state index in [1.165, 1.54) is 0 Å². The second kappa shape index (κ2) is 9.65. The Morgan fingerprint density at radius 3 is 2.23 bits per heavy atom. The zero-order valence-electron chi connectivity index (χ0n) is 13.3. The number of ether oxygens (including phenoxy) is 2. The largest absolute Gasteiger partial charge is 0.490 e. The minimum absolute atomic E-state index is 0.200. The van der Waals surface area contributed by atoms with Crippen LogP contribution in [-0.4, -0.2) is 25.0 Å². The monoisotopic (exact) mass is 308 g/mol. The summed E-state index contributed by atoms with van der Waals surface area (Å²) in [4.78, 5) is 23.1. The van der Waals surface area contributed by atoms with E-state index in [9.17, 15) is 9.59 Å². The second-order valence-corrected chi connectivity index (χ2v) is 5.20. The van der Waals surface area contributed by atoms with Gasteiger partial charge < -0.3 is 9.47 Å². The Hall–Kier alpha value is -2.24. The van der Waals surface area contributed by atoms with Gasteiger partial charge in [0.15, 0.2) is 18.1 Å². The first kappa shape index (κ1) is 17.8. The van der Waals surface area contributed by atoms with Crippen LogP contribution in [0.1, 0.15) is 33.6 Å². The van der Waals surface area contributed by atoms with E-state index in [2.05, 4.69) is 10.9 Å². The summed E-state index contributed by atoms with van der Waals surface area (Å²) in [5, 5.41) is 0. The molecule has 122 valence electrons. The molecule has 22 heavy (non-hydrogen) atoms. The van der Waals surface area contributed by atoms with Crippen LogP contribution >= 0.6 is 0 Å². The van der Waals surface area contributed by atoms with Gasteiger partial charge >= 0.3 is 0 Å². The van der Waals surface area contributed by atoms with E-state index < -0.39 is 5.91 Å². The van der Waals surface area contributed by atoms with Crippen molar-refractivity contribution in [2.24, 2.45) is 5.92 Å². The Bertz CT molecular complexity index is 489. The topological polar surface area (TPSA) is 76.7 Å². The Labute approximate surface area is 131 Å². The standard InChI is InChI=1S/C16H24N2O4/c1-4-21-13-7-5-6-8-14(13)22-11-16(20)18-17-15(19)10-9-12(2)3/h5-8,12H,4,9-11H2,1-3H3,(H,17,19)(H,18,20). The van der Waals surface area contributed by atoms with Crippen LogP contribution in [0.4, 0.5) is 0 Å². The molecule has 1 aromatic carbocycles. The molecule has 1 aromatic rings. The van der Waals surface area contributed by atoms with E-state index in [1.807, 2.05) is 26.8 Å². The summed E-state index contributed by atoms with van der Waals surface area (Å²) >= 11 is 0. The summed E-state index contributed by atoms with van der Waals surface area (Å²) in [7, 11) is 0. The number of hydrogen-bond acceptors (Lipinski definition) is 4. The van der Waals surface area contributed by atoms with Gasteiger partial charge in [0.2, 0.25) is 5.91 Å². The molecule has 2 amide bonds. The molecule has 6 heteroatoms. The number of hydrogen-bond donors (Lipinski definition) is 2. The molecule has 0 saturated heterocycles. The van der Waals surface area contributed by atoms with Crippen molar-refractivity contribution >= 4 is 11.8 Å². The number of carbonyl (C=O) groups excluding carboxylic acids is 2. The average Bonchev–Trinajstić information content (AvgIpc) is 2.50. The molecule has 0 bridgehead atoms. The van der Waals surface area contributed by atoms with Crippen molar-refractivity contribution in [3.8, 4) is 11.5 Å². The molecule has 1 rings (SSSR count). The van der Waals surface area contributed by atoms with Crippen LogP contribution in [0.15, 0.2) is 24.3 Å². The van der Waals surface area contributed by atoms with Gasteiger partial charge in [-0.05, 0) is 31.4 Å². The van der Waals surface area contributed by atoms with Gasteiger partial charge in [-0.2, -0.15) is 0 Å². The Balaban J connectivity index is 2.33. The van der Waals surface area contributed by atoms with E-state index in [-0.39, 0.29) is 12.5 Å². The maximum atomic E-state index is 11.6. The predicted octanol–water partition coefficient (Wildman–Crippen LogP) is 2.05. The van der Waals surface area contributed by atoms with Crippen molar-refractivity contribution in [3.05, 3.63) is 24.3 Å². The number of benzene rings is 1. The van der Waals surface area contributed by atoms with Gasteiger partial charge in [-0.1, -0.05) is 26.0 Å². The van der Waals surface area contributed by atoms with Crippen molar-refractivity contribution in [1.29, 1.82) is 0 Å². The number of nitrogens with one attached hydrogen (secondary N) is 2. The predicted molar refractivity (Wildman–Crippen MR) is 83.5 cm³/mol. The highest BCUT2D eigenvalue weighted by molar-refractivity contribution is 5.82. The molecule has 0 aromatic heterocycles. The molecule has 0 fully saturated rings. The molecule has 0 heterocycles. The molecule has 6 nitrogen and oxygen atoms in total. The van der Waals surface area contributed by atoms with Crippen LogP contribution in [-0.2, 0) is 9.59 Å². The van der Waals surface area contributed by atoms with Crippen LogP contribution < -0.4 is 20.3 Å². The van der Waals surface area contributed by atoms with Gasteiger partial charge in [0.1, 0.15) is 0 Å². The molecule has 0 radical (unpaired) electrons. The fourth-order valence-electron chi connectivity index (χ4n) is 1.65. The molecular formula is C16H24N2O4. The van der Waals surface area contributed by atoms with Crippen LogP contribution in [0, 0.1) is 5.92 Å². The van der Waals surface area contributed by atoms with Gasteiger partial charge in [-0.25, -0.2) is 0 Å². The molecule has 0 spiro atoms. The first-order valence-corrected chi connectivity index (χ1v) is 7.45. The molecule has 0 aliphatic heterocycles. The lowest BCUT2D eigenvalue weighted by Gasteiger charge is -2.12. The van der Waals surface area contributed by atoms with Gasteiger partial charge in [0.05, 0.1) is 6.61 Å². The molecule has 0 saturated carbocycles. The van der Waals surface area contributed by atoms with Crippen molar-refractivity contribution in [2.75, 3.05) is 13.2 Å². The third kappa shape index (κ3) is 6.97. The lowest BCUT2D eigenvalue weighted by atomic mass is 10.1. The summed E-state index contributed by atoms with van der Waals surface area (Å²) in [6.07, 6.45) is 1.16. The zero-order valence-corrected chi connectivity index (χ0v) is 13.3. The second-order valence-electron chi connectivity index (χ2n) is 5.20. The lowest BCUT2D eigenvalue weighted by molar-refractivity contribution is -0.130. The molecular weight excluding hydrogens is 284 g/mol. The third-order valence-corrected chi connectivity index (χ3v) is 2.80. The van der Waals surface area contributed by atoms with Crippen molar-refractivity contribution in [3.63, 3.8) is 0 Å². The Morgan fingerprint density at radius 2 is 1.64 bits per heavy atom. The van der Waals surface area contributed by atoms with Crippen molar-refractivity contribution in [1.82, 2.24) is 10.9 Å². The van der Waals surface area contributed by atoms with Crippen molar-refractivity contribution < 1.29 is 19.1 Å². The summed E-state index contributed by atoms with van der Waals surface area (Å²) in [5.41, 5.74) is 4.69. The highest BCUT2D eigenvalue weighted by Gasteiger charge is 2.08. The Kier molecular flexibility index (Phi) is 7.81. The highest BCUT2D eigenvalue weighted by Crippen LogP contribution is 2.26. The normalized spacial score (nSPS) is 10.2. The van der Waals surface area contributed by atoms with E-state index in [0.717, 1.165) is 6.42 Å². The van der Waals surface area contributed by atoms with Gasteiger partial charge in [-0.3, -0.25) is 20.4 Å². The van der Waals surface area contributed by atoms with Crippen LogP contribution in [0.2, 0.25) is 0 Å². The summed E-state index contributed by atoms with van der Waals surface area (Å²) in [5.74, 6) is 0.880. The van der Waals surface area contributed by atoms with Crippen LogP contribution in [0.5, 0.6) is 11.5 Å². The van der Waals surface area contributed by atoms with Crippen LogP contribution in [0.3, 0.4) is 0 Å². The number of rotatable bonds is 8. The van der Waals surface area contributed by atoms with Crippen LogP contribution in [0.25, 0.3) is 0 Å². The van der Waals surface area contributed by atoms with Gasteiger partial charge in [0.25, 0.3) is 5.91 Å². The first-order valence-electron chi connectivity index (χ1n) is 7.45. The fraction of sp³-hybridized carbons (Fsp3) is 0.500. The molecule has 0 unspecified atom stereocenters. The quantitative estimate of drug-likeness (QED) is 0.721. The lowest BCUT2D eigenvalue weighted by Crippen LogP contribution is -2.43. The average molecular weight is 308 g/mol. The molecule has 2 N–H and O–H groups in total. The summed E-state index contributed by atoms with van der Waals surface area (Å²) < 4.78 is 10.8. The number of carbonyl (C=O) groups is 2. The number of amides is 2. The zero-order chi connectivity index (χ0) is 16.4. The highest BCUT2D eigenvalue weighted by atomic mass is 16.5. The number of hydrazine groups is 1. The van der Waals surface area contributed by atoms with E-state index in [0.29, 0.717) is 30.4 Å². The summed E-state index contributed by atoms with van der Waals surface area (Å²) in [6.45, 7) is 6.26. The fourth-order valence-corrected chi connectivity index (χ4v) is 1.65. The number of para-hydroxylation sites is 2. The molecule has 0 atom stereocenters. The van der Waals surface area contributed by atoms with E-state index in [4.69, 9.17) is 9.47 Å². The first-order chi connectivity index (χ1) is 10.5. The van der Waals surface area contributed by atoms with E-state index >= 15 is 0 Å². The van der Waals surface area contributed by atoms with E-state index in [1.54, 1.807) is 18.2 Å². The maximum absolute atomic E-state index is 11.6.